The molecule has 2 heterocycles. The van der Waals surface area contributed by atoms with E-state index in [9.17, 15) is 9.59 Å². The highest BCUT2D eigenvalue weighted by Gasteiger charge is 2.32. The Morgan fingerprint density at radius 2 is 1.78 bits per heavy atom. The molecular formula is C25H26N2O3S2. The zero-order chi connectivity index (χ0) is 22.5. The van der Waals surface area contributed by atoms with E-state index in [-0.39, 0.29) is 18.9 Å². The van der Waals surface area contributed by atoms with Crippen LogP contribution in [0.2, 0.25) is 0 Å². The van der Waals surface area contributed by atoms with Gasteiger partial charge in [0.25, 0.3) is 5.91 Å². The van der Waals surface area contributed by atoms with Gasteiger partial charge in [-0.05, 0) is 54.5 Å². The van der Waals surface area contributed by atoms with E-state index < -0.39 is 5.97 Å². The summed E-state index contributed by atoms with van der Waals surface area (Å²) in [5.74, 6) is -0.426. The number of carboxylic acid groups (broad SMARTS) is 1. The first kappa shape index (κ1) is 22.6. The van der Waals surface area contributed by atoms with Gasteiger partial charge in [-0.15, -0.1) is 0 Å². The molecule has 5 nitrogen and oxygen atoms in total. The van der Waals surface area contributed by atoms with E-state index in [0.29, 0.717) is 9.23 Å². The molecule has 0 unspecified atom stereocenters. The van der Waals surface area contributed by atoms with Gasteiger partial charge < -0.3 is 10.0 Å². The van der Waals surface area contributed by atoms with Crippen LogP contribution in [0.15, 0.2) is 59.5 Å². The molecule has 2 saturated heterocycles. The first-order chi connectivity index (χ1) is 15.5. The van der Waals surface area contributed by atoms with Crippen molar-refractivity contribution in [2.24, 2.45) is 5.92 Å². The van der Waals surface area contributed by atoms with Crippen LogP contribution in [0, 0.1) is 5.92 Å². The van der Waals surface area contributed by atoms with Gasteiger partial charge in [0.05, 0.1) is 11.3 Å². The van der Waals surface area contributed by atoms with Crippen LogP contribution in [0.25, 0.3) is 6.08 Å². The number of rotatable bonds is 7. The smallest absolute Gasteiger partial charge is 0.305 e. The lowest BCUT2D eigenvalue weighted by molar-refractivity contribution is -0.137. The number of carbonyl (C=O) groups excluding carboxylic acids is 1. The summed E-state index contributed by atoms with van der Waals surface area (Å²) in [6, 6.07) is 19.0. The minimum Gasteiger partial charge on any atom is -0.481 e. The standard InChI is InChI=1S/C25H26N2O3S2/c28-23(29)12-15-27-24(30)22(32-25(27)31)17-19-6-8-21(9-7-19)26-13-10-20(11-14-26)16-18-4-2-1-3-5-18/h1-9,17,20H,10-16H2,(H,28,29)/b22-17-. The van der Waals surface area contributed by atoms with Crippen molar-refractivity contribution in [3.63, 3.8) is 0 Å². The van der Waals surface area contributed by atoms with Gasteiger partial charge in [-0.1, -0.05) is 66.4 Å². The van der Waals surface area contributed by atoms with Crippen molar-refractivity contribution in [1.29, 1.82) is 0 Å². The third-order valence-corrected chi connectivity index (χ3v) is 7.34. The number of thioether (sulfide) groups is 1. The zero-order valence-corrected chi connectivity index (χ0v) is 19.4. The zero-order valence-electron chi connectivity index (χ0n) is 17.8. The number of hydrogen-bond donors (Lipinski definition) is 1. The minimum atomic E-state index is -0.942. The summed E-state index contributed by atoms with van der Waals surface area (Å²) in [6.45, 7) is 2.22. The monoisotopic (exact) mass is 466 g/mol. The summed E-state index contributed by atoms with van der Waals surface area (Å²) < 4.78 is 0.414. The van der Waals surface area contributed by atoms with Gasteiger partial charge in [0, 0.05) is 25.3 Å². The maximum Gasteiger partial charge on any atom is 0.305 e. The third-order valence-electron chi connectivity index (χ3n) is 5.96. The van der Waals surface area contributed by atoms with Crippen molar-refractivity contribution >= 4 is 51.9 Å². The van der Waals surface area contributed by atoms with Crippen molar-refractivity contribution in [2.45, 2.75) is 25.7 Å². The highest BCUT2D eigenvalue weighted by atomic mass is 32.2. The van der Waals surface area contributed by atoms with Crippen LogP contribution < -0.4 is 4.90 Å². The first-order valence-electron chi connectivity index (χ1n) is 10.9. The highest BCUT2D eigenvalue weighted by molar-refractivity contribution is 8.26. The molecule has 2 aromatic carbocycles. The van der Waals surface area contributed by atoms with E-state index in [2.05, 4.69) is 47.4 Å². The maximum absolute atomic E-state index is 12.6. The minimum absolute atomic E-state index is 0.108. The van der Waals surface area contributed by atoms with E-state index in [1.165, 1.54) is 40.8 Å². The lowest BCUT2D eigenvalue weighted by Gasteiger charge is -2.33. The first-order valence-corrected chi connectivity index (χ1v) is 12.1. The topological polar surface area (TPSA) is 60.9 Å². The summed E-state index contributed by atoms with van der Waals surface area (Å²) in [7, 11) is 0. The van der Waals surface area contributed by atoms with Crippen LogP contribution in [0.1, 0.15) is 30.4 Å². The molecule has 2 aliphatic heterocycles. The number of aliphatic carboxylic acids is 1. The average molecular weight is 467 g/mol. The van der Waals surface area contributed by atoms with Gasteiger partial charge in [0.2, 0.25) is 0 Å². The average Bonchev–Trinajstić information content (AvgIpc) is 3.06. The molecule has 0 aromatic heterocycles. The Kier molecular flexibility index (Phi) is 7.27. The molecule has 2 aromatic rings. The van der Waals surface area contributed by atoms with Gasteiger partial charge in [-0.2, -0.15) is 0 Å². The lowest BCUT2D eigenvalue weighted by Crippen LogP contribution is -2.34. The van der Waals surface area contributed by atoms with Crippen LogP contribution in [-0.4, -0.2) is 45.8 Å². The molecule has 32 heavy (non-hydrogen) atoms. The fraction of sp³-hybridized carbons (Fsp3) is 0.320. The van der Waals surface area contributed by atoms with Gasteiger partial charge >= 0.3 is 5.97 Å². The summed E-state index contributed by atoms with van der Waals surface area (Å²) in [5, 5.41) is 8.86. The fourth-order valence-electron chi connectivity index (χ4n) is 4.18. The molecule has 0 spiro atoms. The number of anilines is 1. The Morgan fingerprint density at radius 3 is 2.44 bits per heavy atom. The van der Waals surface area contributed by atoms with Crippen LogP contribution >= 0.6 is 24.0 Å². The molecule has 166 valence electrons. The summed E-state index contributed by atoms with van der Waals surface area (Å²) >= 11 is 6.47. The number of nitrogens with zero attached hydrogens (tertiary/aromatic N) is 2. The van der Waals surface area contributed by atoms with E-state index in [4.69, 9.17) is 17.3 Å². The second-order valence-corrected chi connectivity index (χ2v) is 9.86. The SMILES string of the molecule is O=C(O)CCN1C(=O)/C(=C/c2ccc(N3CCC(Cc4ccccc4)CC3)cc2)SC1=S. The summed E-state index contributed by atoms with van der Waals surface area (Å²) in [6.07, 6.45) is 5.25. The van der Waals surface area contributed by atoms with Gasteiger partial charge in [-0.3, -0.25) is 14.5 Å². The van der Waals surface area contributed by atoms with Crippen molar-refractivity contribution in [3.05, 3.63) is 70.6 Å². The Hall–Kier alpha value is -2.64. The van der Waals surface area contributed by atoms with Crippen molar-refractivity contribution in [1.82, 2.24) is 4.90 Å². The number of thiocarbonyl (C=S) groups is 1. The molecule has 0 saturated carbocycles. The van der Waals surface area contributed by atoms with Crippen molar-refractivity contribution in [3.8, 4) is 0 Å². The number of carboxylic acids is 1. The largest absolute Gasteiger partial charge is 0.481 e. The van der Waals surface area contributed by atoms with Crippen molar-refractivity contribution in [2.75, 3.05) is 24.5 Å². The van der Waals surface area contributed by atoms with Gasteiger partial charge in [0.15, 0.2) is 0 Å². The second kappa shape index (κ2) is 10.3. The van der Waals surface area contributed by atoms with Crippen LogP contribution in [0.4, 0.5) is 5.69 Å². The van der Waals surface area contributed by atoms with E-state index in [1.54, 1.807) is 0 Å². The fourth-order valence-corrected chi connectivity index (χ4v) is 5.48. The molecule has 7 heteroatoms. The van der Waals surface area contributed by atoms with E-state index >= 15 is 0 Å². The number of benzene rings is 2. The number of hydrogen-bond acceptors (Lipinski definition) is 5. The third kappa shape index (κ3) is 5.58. The van der Waals surface area contributed by atoms with Crippen molar-refractivity contribution < 1.29 is 14.7 Å². The summed E-state index contributed by atoms with van der Waals surface area (Å²) in [5.41, 5.74) is 3.56. The normalized spacial score (nSPS) is 18.6. The quantitative estimate of drug-likeness (QED) is 0.466. The molecule has 0 atom stereocenters. The summed E-state index contributed by atoms with van der Waals surface area (Å²) in [4.78, 5) is 27.7. The Morgan fingerprint density at radius 1 is 1.09 bits per heavy atom. The molecule has 2 aliphatic rings. The predicted octanol–water partition coefficient (Wildman–Crippen LogP) is 4.82. The van der Waals surface area contributed by atoms with E-state index in [1.807, 2.05) is 18.2 Å². The van der Waals surface area contributed by atoms with Crippen LogP contribution in [-0.2, 0) is 16.0 Å². The predicted molar refractivity (Wildman–Crippen MR) is 134 cm³/mol. The molecule has 1 N–H and O–H groups in total. The lowest BCUT2D eigenvalue weighted by atomic mass is 9.90. The molecule has 1 amide bonds. The van der Waals surface area contributed by atoms with E-state index in [0.717, 1.165) is 31.0 Å². The number of piperidine rings is 1. The Balaban J connectivity index is 1.33. The molecule has 0 aliphatic carbocycles. The molecule has 0 radical (unpaired) electrons. The maximum atomic E-state index is 12.6. The molecule has 4 rings (SSSR count). The Labute approximate surface area is 198 Å². The van der Waals surface area contributed by atoms with Gasteiger partial charge in [-0.25, -0.2) is 0 Å². The molecule has 0 bridgehead atoms. The highest BCUT2D eigenvalue weighted by Crippen LogP contribution is 2.33. The molecular weight excluding hydrogens is 440 g/mol. The number of carbonyl (C=O) groups is 2. The van der Waals surface area contributed by atoms with Crippen LogP contribution in [0.5, 0.6) is 0 Å². The second-order valence-electron chi connectivity index (χ2n) is 8.19. The van der Waals surface area contributed by atoms with Gasteiger partial charge in [0.1, 0.15) is 4.32 Å². The Bertz CT molecular complexity index is 1010. The van der Waals surface area contributed by atoms with Crippen LogP contribution in [0.3, 0.4) is 0 Å². The molecule has 2 fully saturated rings. The number of amides is 1.